The smallest absolute Gasteiger partial charge is 0.164 e. The molecule has 0 aliphatic carbocycles. The van der Waals surface area contributed by atoms with Gasteiger partial charge in [0.05, 0.1) is 0 Å². The molecule has 0 amide bonds. The number of hydrogen-bond acceptors (Lipinski definition) is 3. The maximum Gasteiger partial charge on any atom is 0.164 e. The van der Waals surface area contributed by atoms with E-state index in [0.717, 1.165) is 23.1 Å². The number of carbonyl (C=O) groups excluding carboxylic acids is 1. The number of halogens is 1. The Labute approximate surface area is 128 Å². The van der Waals surface area contributed by atoms with E-state index in [1.165, 1.54) is 5.75 Å². The Morgan fingerprint density at radius 1 is 1.47 bits per heavy atom. The maximum absolute atomic E-state index is 12.2. The quantitative estimate of drug-likeness (QED) is 0.776. The van der Waals surface area contributed by atoms with E-state index in [2.05, 4.69) is 34.7 Å². The lowest BCUT2D eigenvalue weighted by Gasteiger charge is -2.37. The van der Waals surface area contributed by atoms with Crippen LogP contribution >= 0.6 is 27.7 Å². The number of benzene rings is 1. The lowest BCUT2D eigenvalue weighted by molar-refractivity contribution is 0.0954. The summed E-state index contributed by atoms with van der Waals surface area (Å²) in [5.41, 5.74) is 0.807. The Bertz CT molecular complexity index is 452. The van der Waals surface area contributed by atoms with Crippen molar-refractivity contribution in [2.24, 2.45) is 0 Å². The van der Waals surface area contributed by atoms with Gasteiger partial charge in [-0.2, -0.15) is 11.8 Å². The summed E-state index contributed by atoms with van der Waals surface area (Å²) in [6, 6.07) is 8.22. The van der Waals surface area contributed by atoms with Crippen LogP contribution in [0, 0.1) is 0 Å². The molecule has 1 heterocycles. The van der Waals surface area contributed by atoms with Crippen LogP contribution in [0.2, 0.25) is 0 Å². The van der Waals surface area contributed by atoms with E-state index >= 15 is 0 Å². The van der Waals surface area contributed by atoms with E-state index in [4.69, 9.17) is 0 Å². The summed E-state index contributed by atoms with van der Waals surface area (Å²) < 4.78 is 0.967. The summed E-state index contributed by atoms with van der Waals surface area (Å²) in [4.78, 5) is 14.6. The Kier molecular flexibility index (Phi) is 5.48. The van der Waals surface area contributed by atoms with Crippen LogP contribution in [0.25, 0.3) is 0 Å². The van der Waals surface area contributed by atoms with Crippen LogP contribution in [0.3, 0.4) is 0 Å². The van der Waals surface area contributed by atoms with Gasteiger partial charge in [0.1, 0.15) is 0 Å². The number of Topliss-reactive ketones (excluding diaryl/α,β-unsaturated/α-hetero) is 1. The second-order valence-electron chi connectivity index (χ2n) is 5.04. The highest BCUT2D eigenvalue weighted by Crippen LogP contribution is 2.24. The zero-order chi connectivity index (χ0) is 13.8. The minimum atomic E-state index is 0.236. The van der Waals surface area contributed by atoms with E-state index in [1.807, 2.05) is 36.0 Å². The van der Waals surface area contributed by atoms with Crippen LogP contribution in [0.4, 0.5) is 0 Å². The van der Waals surface area contributed by atoms with Crippen LogP contribution in [-0.2, 0) is 0 Å². The third-order valence-electron chi connectivity index (χ3n) is 3.79. The fourth-order valence-corrected chi connectivity index (χ4v) is 3.92. The minimum absolute atomic E-state index is 0.236. The maximum atomic E-state index is 12.2. The largest absolute Gasteiger partial charge is 0.298 e. The monoisotopic (exact) mass is 341 g/mol. The molecule has 2 rings (SSSR count). The molecule has 1 aromatic carbocycles. The Balaban J connectivity index is 1.90. The molecular weight excluding hydrogens is 322 g/mol. The predicted octanol–water partition coefficient (Wildman–Crippen LogP) is 3.85. The number of nitrogens with zero attached hydrogens (tertiary/aromatic N) is 1. The van der Waals surface area contributed by atoms with Gasteiger partial charge >= 0.3 is 0 Å². The number of hydrogen-bond donors (Lipinski definition) is 0. The van der Waals surface area contributed by atoms with Crippen LogP contribution in [0.5, 0.6) is 0 Å². The van der Waals surface area contributed by atoms with E-state index in [1.54, 1.807) is 0 Å². The second-order valence-corrected chi connectivity index (χ2v) is 7.44. The predicted molar refractivity (Wildman–Crippen MR) is 86.0 cm³/mol. The van der Waals surface area contributed by atoms with Crippen LogP contribution in [-0.4, -0.2) is 40.8 Å². The first-order valence-corrected chi connectivity index (χ1v) is 8.56. The van der Waals surface area contributed by atoms with Crippen molar-refractivity contribution < 1.29 is 4.79 Å². The Morgan fingerprint density at radius 3 is 3.00 bits per heavy atom. The first kappa shape index (κ1) is 15.1. The molecule has 1 fully saturated rings. The number of rotatable bonds is 4. The lowest BCUT2D eigenvalue weighted by atomic mass is 10.1. The lowest BCUT2D eigenvalue weighted by Crippen LogP contribution is -2.45. The van der Waals surface area contributed by atoms with Crippen molar-refractivity contribution in [1.82, 2.24) is 4.90 Å². The van der Waals surface area contributed by atoms with Gasteiger partial charge in [0.15, 0.2) is 5.78 Å². The summed E-state index contributed by atoms with van der Waals surface area (Å²) >= 11 is 5.44. The van der Waals surface area contributed by atoms with Gasteiger partial charge in [0, 0.05) is 46.6 Å². The molecule has 1 aliphatic heterocycles. The third-order valence-corrected chi connectivity index (χ3v) is 5.62. The summed E-state index contributed by atoms with van der Waals surface area (Å²) in [5.74, 6) is 1.41. The van der Waals surface area contributed by atoms with Gasteiger partial charge in [-0.05, 0) is 19.1 Å². The molecule has 104 valence electrons. The molecule has 0 aromatic heterocycles. The summed E-state index contributed by atoms with van der Waals surface area (Å²) in [6.45, 7) is 6.51. The van der Waals surface area contributed by atoms with Crippen molar-refractivity contribution in [3.05, 3.63) is 34.3 Å². The molecule has 0 radical (unpaired) electrons. The standard InChI is InChI=1S/C15H20BrNOS/c1-11-12(2)19-9-8-17(11)7-6-15(18)13-4-3-5-14(16)10-13/h3-5,10-12H,6-9H2,1-2H3. The van der Waals surface area contributed by atoms with Gasteiger partial charge in [-0.15, -0.1) is 0 Å². The molecule has 0 bridgehead atoms. The molecule has 2 unspecified atom stereocenters. The van der Waals surface area contributed by atoms with Gasteiger partial charge in [-0.1, -0.05) is 35.0 Å². The van der Waals surface area contributed by atoms with Crippen LogP contribution in [0.1, 0.15) is 30.6 Å². The highest BCUT2D eigenvalue weighted by atomic mass is 79.9. The van der Waals surface area contributed by atoms with Crippen LogP contribution < -0.4 is 0 Å². The topological polar surface area (TPSA) is 20.3 Å². The SMILES string of the molecule is CC1SCCN(CCC(=O)c2cccc(Br)c2)C1C. The Hall–Kier alpha value is -0.320. The van der Waals surface area contributed by atoms with E-state index < -0.39 is 0 Å². The second kappa shape index (κ2) is 6.91. The van der Waals surface area contributed by atoms with Gasteiger partial charge in [0.25, 0.3) is 0 Å². The molecular formula is C15H20BrNOS. The fourth-order valence-electron chi connectivity index (χ4n) is 2.36. The summed E-state index contributed by atoms with van der Waals surface area (Å²) in [7, 11) is 0. The van der Waals surface area contributed by atoms with Crippen molar-refractivity contribution in [1.29, 1.82) is 0 Å². The molecule has 1 aromatic rings. The molecule has 19 heavy (non-hydrogen) atoms. The summed E-state index contributed by atoms with van der Waals surface area (Å²) in [5, 5.41) is 0.662. The van der Waals surface area contributed by atoms with Crippen molar-refractivity contribution in [2.45, 2.75) is 31.6 Å². The van der Waals surface area contributed by atoms with Crippen molar-refractivity contribution in [3.8, 4) is 0 Å². The molecule has 0 N–H and O–H groups in total. The Morgan fingerprint density at radius 2 is 2.26 bits per heavy atom. The molecule has 0 saturated carbocycles. The zero-order valence-electron chi connectivity index (χ0n) is 11.4. The van der Waals surface area contributed by atoms with Crippen molar-refractivity contribution in [3.63, 3.8) is 0 Å². The first-order valence-electron chi connectivity index (χ1n) is 6.72. The van der Waals surface area contributed by atoms with Crippen molar-refractivity contribution in [2.75, 3.05) is 18.8 Å². The van der Waals surface area contributed by atoms with Crippen molar-refractivity contribution >= 4 is 33.5 Å². The molecule has 4 heteroatoms. The van der Waals surface area contributed by atoms with Gasteiger partial charge in [-0.25, -0.2) is 0 Å². The molecule has 1 saturated heterocycles. The number of ketones is 1. The first-order chi connectivity index (χ1) is 9.08. The molecule has 2 atom stereocenters. The normalized spacial score (nSPS) is 24.4. The van der Waals surface area contributed by atoms with Gasteiger partial charge in [-0.3, -0.25) is 9.69 Å². The van der Waals surface area contributed by atoms with Gasteiger partial charge in [0.2, 0.25) is 0 Å². The molecule has 2 nitrogen and oxygen atoms in total. The van der Waals surface area contributed by atoms with E-state index in [9.17, 15) is 4.79 Å². The fraction of sp³-hybridized carbons (Fsp3) is 0.533. The molecule has 1 aliphatic rings. The number of carbonyl (C=O) groups is 1. The minimum Gasteiger partial charge on any atom is -0.298 e. The summed E-state index contributed by atoms with van der Waals surface area (Å²) in [6.07, 6.45) is 0.609. The number of thioether (sulfide) groups is 1. The average Bonchev–Trinajstić information content (AvgIpc) is 2.40. The van der Waals surface area contributed by atoms with E-state index in [0.29, 0.717) is 17.7 Å². The highest BCUT2D eigenvalue weighted by Gasteiger charge is 2.25. The zero-order valence-corrected chi connectivity index (χ0v) is 13.8. The molecule has 0 spiro atoms. The highest BCUT2D eigenvalue weighted by molar-refractivity contribution is 9.10. The van der Waals surface area contributed by atoms with Crippen LogP contribution in [0.15, 0.2) is 28.7 Å². The van der Waals surface area contributed by atoms with Gasteiger partial charge < -0.3 is 0 Å². The third kappa shape index (κ3) is 4.07. The average molecular weight is 342 g/mol. The van der Waals surface area contributed by atoms with E-state index in [-0.39, 0.29) is 5.78 Å².